The van der Waals surface area contributed by atoms with Gasteiger partial charge in [-0.1, -0.05) is 27.5 Å². The molecule has 0 atom stereocenters. The summed E-state index contributed by atoms with van der Waals surface area (Å²) in [5.41, 5.74) is 4.82. The van der Waals surface area contributed by atoms with Crippen LogP contribution in [-0.4, -0.2) is 0 Å². The third-order valence-electron chi connectivity index (χ3n) is 2.44. The molecular weight excluding hydrogens is 235 g/mol. The quantitative estimate of drug-likeness (QED) is 0.640. The van der Waals surface area contributed by atoms with Crippen LogP contribution >= 0.6 is 27.5 Å². The van der Waals surface area contributed by atoms with Crippen molar-refractivity contribution in [3.63, 3.8) is 0 Å². The Hall–Kier alpha value is -0.0100. The normalized spacial score (nSPS) is 10.5. The Balaban J connectivity index is 3.60. The molecule has 0 saturated carbocycles. The molecule has 0 aliphatic rings. The Morgan fingerprint density at radius 2 is 1.17 bits per heavy atom. The van der Waals surface area contributed by atoms with Crippen LogP contribution in [0.15, 0.2) is 4.47 Å². The number of hydrogen-bond donors (Lipinski definition) is 0. The lowest BCUT2D eigenvalue weighted by molar-refractivity contribution is 1.22. The summed E-state index contributed by atoms with van der Waals surface area (Å²) in [6.45, 7) is 8.26. The second-order valence-electron chi connectivity index (χ2n) is 3.13. The van der Waals surface area contributed by atoms with Crippen molar-refractivity contribution in [2.75, 3.05) is 0 Å². The van der Waals surface area contributed by atoms with Gasteiger partial charge in [-0.3, -0.25) is 0 Å². The topological polar surface area (TPSA) is 0 Å². The molecule has 2 heteroatoms. The largest absolute Gasteiger partial charge is 0.0837 e. The fraction of sp³-hybridized carbons (Fsp3) is 0.400. The second kappa shape index (κ2) is 3.39. The zero-order chi connectivity index (χ0) is 9.46. The van der Waals surface area contributed by atoms with Gasteiger partial charge >= 0.3 is 0 Å². The van der Waals surface area contributed by atoms with E-state index in [0.717, 1.165) is 5.02 Å². The van der Waals surface area contributed by atoms with Crippen molar-refractivity contribution in [2.45, 2.75) is 27.7 Å². The van der Waals surface area contributed by atoms with Crippen LogP contribution in [0.3, 0.4) is 0 Å². The van der Waals surface area contributed by atoms with Gasteiger partial charge < -0.3 is 0 Å². The molecule has 0 N–H and O–H groups in total. The molecule has 66 valence electrons. The smallest absolute Gasteiger partial charge is 0.0470 e. The first-order chi connectivity index (χ1) is 5.46. The molecule has 12 heavy (non-hydrogen) atoms. The zero-order valence-corrected chi connectivity index (χ0v) is 10.1. The van der Waals surface area contributed by atoms with Gasteiger partial charge in [0.1, 0.15) is 0 Å². The van der Waals surface area contributed by atoms with Crippen LogP contribution in [0.5, 0.6) is 0 Å². The lowest BCUT2D eigenvalue weighted by Gasteiger charge is -2.12. The molecule has 0 aliphatic carbocycles. The molecule has 1 aromatic carbocycles. The van der Waals surface area contributed by atoms with Crippen molar-refractivity contribution in [2.24, 2.45) is 0 Å². The van der Waals surface area contributed by atoms with E-state index in [-0.39, 0.29) is 0 Å². The van der Waals surface area contributed by atoms with E-state index in [9.17, 15) is 0 Å². The van der Waals surface area contributed by atoms with Gasteiger partial charge in [0.25, 0.3) is 0 Å². The van der Waals surface area contributed by atoms with E-state index in [0.29, 0.717) is 0 Å². The minimum Gasteiger partial charge on any atom is -0.0837 e. The summed E-state index contributed by atoms with van der Waals surface area (Å²) in [4.78, 5) is 0. The monoisotopic (exact) mass is 246 g/mol. The third-order valence-corrected chi connectivity index (χ3v) is 4.20. The van der Waals surface area contributed by atoms with E-state index in [1.807, 2.05) is 0 Å². The van der Waals surface area contributed by atoms with E-state index < -0.39 is 0 Å². The van der Waals surface area contributed by atoms with E-state index in [4.69, 9.17) is 11.6 Å². The molecule has 0 aliphatic heterocycles. The number of rotatable bonds is 0. The Morgan fingerprint density at radius 1 is 0.833 bits per heavy atom. The van der Waals surface area contributed by atoms with Gasteiger partial charge in [0.15, 0.2) is 0 Å². The van der Waals surface area contributed by atoms with Crippen LogP contribution in [0, 0.1) is 27.7 Å². The first-order valence-electron chi connectivity index (χ1n) is 3.88. The summed E-state index contributed by atoms with van der Waals surface area (Å²) in [5, 5.41) is 0.896. The van der Waals surface area contributed by atoms with Gasteiger partial charge in [-0.15, -0.1) is 0 Å². The van der Waals surface area contributed by atoms with Crippen molar-refractivity contribution in [3.8, 4) is 0 Å². The molecule has 0 unspecified atom stereocenters. The Bertz CT molecular complexity index is 224. The van der Waals surface area contributed by atoms with Gasteiger partial charge in [-0.25, -0.2) is 0 Å². The minimum absolute atomic E-state index is 0.896. The van der Waals surface area contributed by atoms with Crippen LogP contribution in [0.25, 0.3) is 0 Å². The van der Waals surface area contributed by atoms with Crippen LogP contribution in [0.2, 0.25) is 5.02 Å². The van der Waals surface area contributed by atoms with Gasteiger partial charge in [-0.2, -0.15) is 0 Å². The molecule has 0 heterocycles. The highest BCUT2D eigenvalue weighted by Gasteiger charge is 2.10. The van der Waals surface area contributed by atoms with Crippen molar-refractivity contribution in [1.29, 1.82) is 0 Å². The molecule has 0 radical (unpaired) electrons. The summed E-state index contributed by atoms with van der Waals surface area (Å²) in [5.74, 6) is 0. The molecule has 0 bridgehead atoms. The van der Waals surface area contributed by atoms with Crippen molar-refractivity contribution in [1.82, 2.24) is 0 Å². The first-order valence-corrected chi connectivity index (χ1v) is 5.05. The molecule has 1 rings (SSSR count). The summed E-state index contributed by atoms with van der Waals surface area (Å²) in [7, 11) is 0. The summed E-state index contributed by atoms with van der Waals surface area (Å²) in [6.07, 6.45) is 0. The summed E-state index contributed by atoms with van der Waals surface area (Å²) in [6, 6.07) is 0. The van der Waals surface area contributed by atoms with E-state index in [1.54, 1.807) is 0 Å². The van der Waals surface area contributed by atoms with Crippen molar-refractivity contribution >= 4 is 27.5 Å². The standard InChI is InChI=1S/C10H12BrCl/c1-5-7(3)10(12)8(4)6(2)9(5)11/h1-4H3. The number of hydrogen-bond acceptors (Lipinski definition) is 0. The maximum atomic E-state index is 6.14. The zero-order valence-electron chi connectivity index (χ0n) is 7.76. The van der Waals surface area contributed by atoms with E-state index in [2.05, 4.69) is 43.6 Å². The molecule has 0 aromatic heterocycles. The molecule has 0 nitrogen and oxygen atoms in total. The summed E-state index contributed by atoms with van der Waals surface area (Å²) >= 11 is 9.70. The van der Waals surface area contributed by atoms with Gasteiger partial charge in [0, 0.05) is 9.50 Å². The molecule has 0 fully saturated rings. The number of halogens is 2. The first kappa shape index (κ1) is 10.1. The fourth-order valence-corrected chi connectivity index (χ4v) is 2.10. The van der Waals surface area contributed by atoms with Crippen LogP contribution in [0.4, 0.5) is 0 Å². The molecule has 1 aromatic rings. The average molecular weight is 248 g/mol. The molecule has 0 amide bonds. The lowest BCUT2D eigenvalue weighted by atomic mass is 10.0. The van der Waals surface area contributed by atoms with Crippen molar-refractivity contribution in [3.05, 3.63) is 31.7 Å². The van der Waals surface area contributed by atoms with Crippen LogP contribution < -0.4 is 0 Å². The fourth-order valence-electron chi connectivity index (χ4n) is 1.22. The predicted octanol–water partition coefficient (Wildman–Crippen LogP) is 4.34. The average Bonchev–Trinajstić information content (AvgIpc) is 2.08. The second-order valence-corrected chi connectivity index (χ2v) is 4.30. The SMILES string of the molecule is Cc1c(C)c(Br)c(C)c(C)c1Cl. The van der Waals surface area contributed by atoms with E-state index >= 15 is 0 Å². The van der Waals surface area contributed by atoms with Crippen LogP contribution in [-0.2, 0) is 0 Å². The maximum Gasteiger partial charge on any atom is 0.0470 e. The third kappa shape index (κ3) is 1.40. The van der Waals surface area contributed by atoms with Gasteiger partial charge in [-0.05, 0) is 49.9 Å². The molecule has 0 saturated heterocycles. The Morgan fingerprint density at radius 3 is 1.50 bits per heavy atom. The summed E-state index contributed by atoms with van der Waals surface area (Å²) < 4.78 is 1.18. The molecule has 0 spiro atoms. The van der Waals surface area contributed by atoms with Gasteiger partial charge in [0.2, 0.25) is 0 Å². The highest BCUT2D eigenvalue weighted by molar-refractivity contribution is 9.10. The number of benzene rings is 1. The van der Waals surface area contributed by atoms with Crippen LogP contribution in [0.1, 0.15) is 22.3 Å². The van der Waals surface area contributed by atoms with Crippen molar-refractivity contribution < 1.29 is 0 Å². The highest BCUT2D eigenvalue weighted by atomic mass is 79.9. The predicted molar refractivity (Wildman–Crippen MR) is 58.1 cm³/mol. The Kier molecular flexibility index (Phi) is 2.84. The van der Waals surface area contributed by atoms with E-state index in [1.165, 1.54) is 26.7 Å². The molecular formula is C10H12BrCl. The minimum atomic E-state index is 0.896. The lowest BCUT2D eigenvalue weighted by Crippen LogP contribution is -1.93. The highest BCUT2D eigenvalue weighted by Crippen LogP contribution is 2.33. The van der Waals surface area contributed by atoms with Gasteiger partial charge in [0.05, 0.1) is 0 Å². The Labute approximate surface area is 87.1 Å². The maximum absolute atomic E-state index is 6.14.